The summed E-state index contributed by atoms with van der Waals surface area (Å²) in [6.07, 6.45) is 76.0. The van der Waals surface area contributed by atoms with E-state index < -0.39 is 0 Å². The summed E-state index contributed by atoms with van der Waals surface area (Å²) in [7, 11) is 0. The van der Waals surface area contributed by atoms with Gasteiger partial charge in [-0.3, -0.25) is 19.2 Å². The van der Waals surface area contributed by atoms with Crippen molar-refractivity contribution in [1.29, 1.82) is 0 Å². The molecular formula is C132H208O4. The first-order chi connectivity index (χ1) is 64.5. The second kappa shape index (κ2) is 53.2. The largest absolute Gasteiger partial charge is 0.293 e. The summed E-state index contributed by atoms with van der Waals surface area (Å²) in [5.74, 6) is 12.0. The fourth-order valence-electron chi connectivity index (χ4n) is 26.5. The second-order valence-corrected chi connectivity index (χ2v) is 51.2. The Morgan fingerprint density at radius 1 is 0.213 bits per heavy atom. The van der Waals surface area contributed by atoms with Gasteiger partial charge in [0.1, 0.15) is 0 Å². The zero-order chi connectivity index (χ0) is 99.8. The van der Waals surface area contributed by atoms with Gasteiger partial charge < -0.3 is 0 Å². The van der Waals surface area contributed by atoms with Crippen LogP contribution in [0.25, 0.3) is 0 Å². The van der Waals surface area contributed by atoms with Crippen molar-refractivity contribution in [2.45, 2.75) is 516 Å². The molecule has 4 nitrogen and oxygen atoms in total. The molecule has 0 aromatic heterocycles. The highest BCUT2D eigenvalue weighted by Crippen LogP contribution is 2.62. The summed E-state index contributed by atoms with van der Waals surface area (Å²) < 4.78 is 0. The maximum Gasteiger partial charge on any atom is 0.173 e. The van der Waals surface area contributed by atoms with Crippen molar-refractivity contribution in [2.24, 2.45) is 105 Å². The predicted molar refractivity (Wildman–Crippen MR) is 591 cm³/mol. The van der Waals surface area contributed by atoms with Crippen LogP contribution in [0.3, 0.4) is 0 Å². The summed E-state index contributed by atoms with van der Waals surface area (Å²) in [6, 6.07) is 0. The van der Waals surface area contributed by atoms with Crippen molar-refractivity contribution in [1.82, 2.24) is 0 Å². The predicted octanol–water partition coefficient (Wildman–Crippen LogP) is 40.1. The van der Waals surface area contributed by atoms with E-state index >= 15 is 0 Å². The third kappa shape index (κ3) is 29.9. The fourth-order valence-corrected chi connectivity index (χ4v) is 26.5. The Kier molecular flexibility index (Phi) is 44.6. The van der Waals surface area contributed by atoms with Crippen LogP contribution in [0.1, 0.15) is 516 Å². The monoisotopic (exact) mass is 1860 g/mol. The van der Waals surface area contributed by atoms with Gasteiger partial charge in [0.05, 0.1) is 21.7 Å². The molecule has 0 radical (unpaired) electrons. The zero-order valence-electron chi connectivity index (χ0n) is 94.3. The van der Waals surface area contributed by atoms with Crippen LogP contribution in [0.5, 0.6) is 0 Å². The first-order valence-electron chi connectivity index (χ1n) is 57.9. The van der Waals surface area contributed by atoms with E-state index in [4.69, 9.17) is 0 Å². The molecule has 0 saturated carbocycles. The lowest BCUT2D eigenvalue weighted by Gasteiger charge is -2.42. The van der Waals surface area contributed by atoms with Crippen molar-refractivity contribution in [3.8, 4) is 0 Å². The van der Waals surface area contributed by atoms with Gasteiger partial charge in [-0.1, -0.05) is 412 Å². The third-order valence-electron chi connectivity index (χ3n) is 35.2. The molecule has 0 bridgehead atoms. The SMILES string of the molecule is CC1=CC2=C(C1)C1=C(C=C(C)C1)C(CCC(C)C)(CCC(C)C)C2=O.CC1=CC2=C(C1)C1=C(C=C(C)C1)C(CCC(C)CCCC(C)C)(CCC(C)CCCC(C)C)C2=O.CC1=CC2=C(C1)C1=C(C=C(C)C1)C(CCC(C)CCCC(C)CCCC(C)C)(CCC(C)CCCC(C)CCCC(C)C)C2=O.CCCCC(CC)CC1(CC(CC)CCCC)C(=O)C2=C(CC(C)=C2)C2=C1C=C(C)C2. The van der Waals surface area contributed by atoms with Crippen LogP contribution in [0.4, 0.5) is 0 Å². The standard InChI is InChI=1S/C44H74O.C34H54O.C30H46O.C24H34O/c1-31(2)15-11-17-33(5)19-13-21-35(7)23-25-44(26-24-36(8)22-14-20-34(6)18-12-16-32(3)4)42-30-38(10)28-40(42)39-27-37(9)29-41(39)43(44)45;1-23(2)11-9-13-25(5)15-17-34(18-16-26(6)14-10-12-24(3)4)32-22-28(8)20-30(32)29-19-27(7)21-31(29)33(34)35;1-7-11-13-23(9-3)19-30(20-24(10-4)14-12-8-2)28-18-22(6)16-26(28)25-15-21(5)17-27(25)29(30)31;1-15(2)7-9-24(10-8-16(3)4)22-14-18(6)12-20(22)19-11-17(5)13-21(19)23(24)25/h29-36H,11-28H2,1-10H3;21-26H,9-20H2,1-8H3;17-18,23-24H,7-16,19-20H2,1-6H3;13-16H,7-12H2,1-6H3. The molecule has 8 atom stereocenters. The molecule has 0 aromatic rings. The Labute approximate surface area is 839 Å². The van der Waals surface area contributed by atoms with Crippen molar-refractivity contribution in [3.05, 3.63) is 182 Å². The molecule has 12 aliphatic rings. The van der Waals surface area contributed by atoms with Crippen molar-refractivity contribution < 1.29 is 19.2 Å². The molecule has 4 heteroatoms. The summed E-state index contributed by atoms with van der Waals surface area (Å²) in [5.41, 5.74) is 31.5. The second-order valence-electron chi connectivity index (χ2n) is 51.2. The Morgan fingerprint density at radius 3 is 0.610 bits per heavy atom. The van der Waals surface area contributed by atoms with Crippen LogP contribution in [0.2, 0.25) is 0 Å². The first kappa shape index (κ1) is 114. The van der Waals surface area contributed by atoms with Gasteiger partial charge in [0, 0.05) is 22.3 Å². The maximum atomic E-state index is 14.7. The molecule has 0 amide bonds. The highest BCUT2D eigenvalue weighted by molar-refractivity contribution is 6.11. The van der Waals surface area contributed by atoms with Gasteiger partial charge in [-0.05, 0) is 346 Å². The molecule has 0 fully saturated rings. The van der Waals surface area contributed by atoms with Crippen LogP contribution >= 0.6 is 0 Å². The van der Waals surface area contributed by atoms with E-state index in [0.29, 0.717) is 70.5 Å². The first-order valence-corrected chi connectivity index (χ1v) is 57.9. The van der Waals surface area contributed by atoms with Crippen LogP contribution < -0.4 is 0 Å². The smallest absolute Gasteiger partial charge is 0.173 e. The summed E-state index contributed by atoms with van der Waals surface area (Å²) in [4.78, 5) is 57.3. The minimum Gasteiger partial charge on any atom is -0.293 e. The minimum atomic E-state index is -0.316. The normalized spacial score (nSPS) is 23.3. The Balaban J connectivity index is 0.000000207. The summed E-state index contributed by atoms with van der Waals surface area (Å²) >= 11 is 0. The van der Waals surface area contributed by atoms with Crippen molar-refractivity contribution in [2.75, 3.05) is 0 Å². The van der Waals surface area contributed by atoms with Gasteiger partial charge in [-0.2, -0.15) is 0 Å². The average molecular weight is 1860 g/mol. The number of hydrogen-bond donors (Lipinski definition) is 0. The quantitative estimate of drug-likeness (QED) is 0.0609. The maximum absolute atomic E-state index is 14.7. The van der Waals surface area contributed by atoms with Crippen LogP contribution in [0, 0.1) is 105 Å². The number of unbranched alkanes of at least 4 members (excludes halogenated alkanes) is 2. The molecule has 0 aromatic carbocycles. The van der Waals surface area contributed by atoms with Crippen molar-refractivity contribution >= 4 is 23.1 Å². The van der Waals surface area contributed by atoms with Gasteiger partial charge in [-0.25, -0.2) is 0 Å². The van der Waals surface area contributed by atoms with E-state index in [2.05, 4.69) is 256 Å². The molecule has 12 aliphatic carbocycles. The number of fused-ring (bicyclic) bond motifs is 4. The number of allylic oxidation sites excluding steroid dienone is 32. The number of carbonyl (C=O) groups excluding carboxylic acids is 4. The molecule has 0 aliphatic heterocycles. The van der Waals surface area contributed by atoms with Gasteiger partial charge in [0.25, 0.3) is 0 Å². The molecule has 0 spiro atoms. The van der Waals surface area contributed by atoms with Crippen LogP contribution in [-0.4, -0.2) is 23.1 Å². The lowest BCUT2D eigenvalue weighted by molar-refractivity contribution is -0.125. The van der Waals surface area contributed by atoms with E-state index in [1.165, 1.54) is 304 Å². The summed E-state index contributed by atoms with van der Waals surface area (Å²) in [5, 5.41) is 0. The van der Waals surface area contributed by atoms with Crippen LogP contribution in [-0.2, 0) is 19.2 Å². The summed E-state index contributed by atoms with van der Waals surface area (Å²) in [6.45, 7) is 69.6. The Bertz CT molecular complexity index is 4530. The number of hydrogen-bond acceptors (Lipinski definition) is 4. The van der Waals surface area contributed by atoms with Crippen molar-refractivity contribution in [3.63, 3.8) is 0 Å². The average Bonchev–Trinajstić information content (AvgIpc) is 1.56. The lowest BCUT2D eigenvalue weighted by Crippen LogP contribution is -2.40. The third-order valence-corrected chi connectivity index (χ3v) is 35.2. The van der Waals surface area contributed by atoms with E-state index in [1.54, 1.807) is 0 Å². The molecule has 760 valence electrons. The number of Topliss-reactive ketones (excluding diaryl/α,β-unsaturated/α-hetero) is 4. The van der Waals surface area contributed by atoms with Gasteiger partial charge in [0.2, 0.25) is 0 Å². The number of rotatable bonds is 54. The highest BCUT2D eigenvalue weighted by Gasteiger charge is 2.55. The van der Waals surface area contributed by atoms with E-state index in [1.807, 2.05) is 0 Å². The van der Waals surface area contributed by atoms with Crippen LogP contribution in [0.15, 0.2) is 182 Å². The molecular weight excluding hydrogens is 1650 g/mol. The molecule has 0 heterocycles. The Hall–Kier alpha value is -5.48. The topological polar surface area (TPSA) is 68.3 Å². The molecule has 12 rings (SSSR count). The molecule has 0 N–H and O–H groups in total. The minimum absolute atomic E-state index is 0.276. The van der Waals surface area contributed by atoms with E-state index in [0.717, 1.165) is 173 Å². The van der Waals surface area contributed by atoms with Gasteiger partial charge in [0.15, 0.2) is 23.1 Å². The van der Waals surface area contributed by atoms with Gasteiger partial charge >= 0.3 is 0 Å². The number of ketones is 4. The van der Waals surface area contributed by atoms with E-state index in [9.17, 15) is 19.2 Å². The fraction of sp³-hybridized carbons (Fsp3) is 0.727. The molecule has 136 heavy (non-hydrogen) atoms. The zero-order valence-corrected chi connectivity index (χ0v) is 94.3. The lowest BCUT2D eigenvalue weighted by atomic mass is 9.59. The molecule has 0 saturated heterocycles. The number of carbonyl (C=O) groups is 4. The molecule has 8 unspecified atom stereocenters. The van der Waals surface area contributed by atoms with Gasteiger partial charge in [-0.15, -0.1) is 0 Å². The highest BCUT2D eigenvalue weighted by atomic mass is 16.1. The Morgan fingerprint density at radius 2 is 0.397 bits per heavy atom. The van der Waals surface area contributed by atoms with E-state index in [-0.39, 0.29) is 21.7 Å².